The van der Waals surface area contributed by atoms with Crippen molar-refractivity contribution in [1.82, 2.24) is 9.78 Å². The Kier molecular flexibility index (Phi) is 5.36. The summed E-state index contributed by atoms with van der Waals surface area (Å²) in [5, 5.41) is 5.23. The second-order valence-corrected chi connectivity index (χ2v) is 6.86. The summed E-state index contributed by atoms with van der Waals surface area (Å²) < 4.78 is 15.1. The molecule has 1 heterocycles. The van der Waals surface area contributed by atoms with Crippen molar-refractivity contribution >= 4 is 23.5 Å². The third-order valence-electron chi connectivity index (χ3n) is 4.42. The lowest BCUT2D eigenvalue weighted by Crippen LogP contribution is -1.94. The predicted octanol–water partition coefficient (Wildman–Crippen LogP) is 6.23. The van der Waals surface area contributed by atoms with Gasteiger partial charge in [-0.3, -0.25) is 4.79 Å². The normalized spacial score (nSPS) is 11.1. The Hall–Kier alpha value is -3.50. The molecule has 0 atom stereocenters. The van der Waals surface area contributed by atoms with Crippen LogP contribution >= 0.6 is 11.6 Å². The number of para-hydroxylation sites is 1. The number of carbonyl (C=O) groups is 1. The smallest absolute Gasteiger partial charge is 0.185 e. The highest BCUT2D eigenvalue weighted by Crippen LogP contribution is 2.25. The highest BCUT2D eigenvalue weighted by Gasteiger charge is 2.11. The third-order valence-corrected chi connectivity index (χ3v) is 4.68. The van der Waals surface area contributed by atoms with Gasteiger partial charge < -0.3 is 0 Å². The van der Waals surface area contributed by atoms with Gasteiger partial charge in [0.05, 0.1) is 11.4 Å². The first-order chi connectivity index (χ1) is 14.1. The van der Waals surface area contributed by atoms with Crippen LogP contribution in [0.25, 0.3) is 23.0 Å². The van der Waals surface area contributed by atoms with E-state index in [1.165, 1.54) is 18.2 Å². The first kappa shape index (κ1) is 18.8. The molecule has 0 unspecified atom stereocenters. The van der Waals surface area contributed by atoms with Gasteiger partial charge in [-0.2, -0.15) is 5.10 Å². The summed E-state index contributed by atoms with van der Waals surface area (Å²) >= 11 is 5.88. The topological polar surface area (TPSA) is 34.9 Å². The van der Waals surface area contributed by atoms with Gasteiger partial charge in [-0.1, -0.05) is 29.8 Å². The standard InChI is InChI=1S/C24H16ClFN2O/c25-20-11-6-17(7-12-20)23(29)15-10-19-16-28(22-4-2-1-3-5-22)27-24(19)18-8-13-21(26)14-9-18/h1-16H/b15-10+. The Labute approximate surface area is 172 Å². The van der Waals surface area contributed by atoms with E-state index >= 15 is 0 Å². The van der Waals surface area contributed by atoms with Crippen molar-refractivity contribution in [2.75, 3.05) is 0 Å². The molecule has 0 aliphatic carbocycles. The van der Waals surface area contributed by atoms with Gasteiger partial charge in [-0.25, -0.2) is 9.07 Å². The minimum Gasteiger partial charge on any atom is -0.289 e. The number of allylic oxidation sites excluding steroid dienone is 1. The fourth-order valence-electron chi connectivity index (χ4n) is 2.93. The van der Waals surface area contributed by atoms with Crippen LogP contribution in [-0.4, -0.2) is 15.6 Å². The molecule has 0 radical (unpaired) electrons. The van der Waals surface area contributed by atoms with Gasteiger partial charge in [-0.05, 0) is 72.8 Å². The molecule has 4 rings (SSSR count). The summed E-state index contributed by atoms with van der Waals surface area (Å²) in [6.07, 6.45) is 5.07. The van der Waals surface area contributed by atoms with E-state index in [2.05, 4.69) is 5.10 Å². The van der Waals surface area contributed by atoms with Crippen LogP contribution in [0.5, 0.6) is 0 Å². The van der Waals surface area contributed by atoms with Gasteiger partial charge in [-0.15, -0.1) is 0 Å². The summed E-state index contributed by atoms with van der Waals surface area (Å²) in [5.74, 6) is -0.453. The molecule has 142 valence electrons. The number of aromatic nitrogens is 2. The van der Waals surface area contributed by atoms with Crippen LogP contribution in [0.4, 0.5) is 4.39 Å². The Morgan fingerprint density at radius 3 is 2.31 bits per heavy atom. The van der Waals surface area contributed by atoms with E-state index in [4.69, 9.17) is 11.6 Å². The Morgan fingerprint density at radius 1 is 0.931 bits per heavy atom. The predicted molar refractivity (Wildman–Crippen MR) is 114 cm³/mol. The van der Waals surface area contributed by atoms with Crippen molar-refractivity contribution in [1.29, 1.82) is 0 Å². The molecule has 0 aliphatic rings. The molecule has 3 nitrogen and oxygen atoms in total. The number of hydrogen-bond acceptors (Lipinski definition) is 2. The Bertz CT molecular complexity index is 1160. The lowest BCUT2D eigenvalue weighted by molar-refractivity contribution is 0.104. The maximum Gasteiger partial charge on any atom is 0.185 e. The number of halogens is 2. The van der Waals surface area contributed by atoms with Crippen molar-refractivity contribution in [2.45, 2.75) is 0 Å². The third kappa shape index (κ3) is 4.33. The molecule has 0 bridgehead atoms. The van der Waals surface area contributed by atoms with E-state index in [1.54, 1.807) is 47.2 Å². The van der Waals surface area contributed by atoms with Crippen molar-refractivity contribution in [3.05, 3.63) is 113 Å². The molecule has 29 heavy (non-hydrogen) atoms. The lowest BCUT2D eigenvalue weighted by atomic mass is 10.1. The number of rotatable bonds is 5. The zero-order chi connectivity index (χ0) is 20.2. The molecule has 0 amide bonds. The van der Waals surface area contributed by atoms with Crippen LogP contribution in [0.2, 0.25) is 5.02 Å². The SMILES string of the molecule is O=C(/C=C/c1cn(-c2ccccc2)nc1-c1ccc(F)cc1)c1ccc(Cl)cc1. The van der Waals surface area contributed by atoms with Gasteiger partial charge in [0.15, 0.2) is 5.78 Å². The van der Waals surface area contributed by atoms with E-state index in [0.717, 1.165) is 16.8 Å². The van der Waals surface area contributed by atoms with E-state index in [-0.39, 0.29) is 11.6 Å². The van der Waals surface area contributed by atoms with Crippen LogP contribution in [0.15, 0.2) is 91.1 Å². The highest BCUT2D eigenvalue weighted by molar-refractivity contribution is 6.30. The quantitative estimate of drug-likeness (QED) is 0.293. The maximum absolute atomic E-state index is 13.3. The van der Waals surface area contributed by atoms with Gasteiger partial charge >= 0.3 is 0 Å². The largest absolute Gasteiger partial charge is 0.289 e. The summed E-state index contributed by atoms with van der Waals surface area (Å²) in [6, 6.07) is 22.5. The molecular formula is C24H16ClFN2O. The molecule has 5 heteroatoms. The maximum atomic E-state index is 13.3. The van der Waals surface area contributed by atoms with Crippen molar-refractivity contribution in [2.24, 2.45) is 0 Å². The summed E-state index contributed by atoms with van der Waals surface area (Å²) in [4.78, 5) is 12.5. The van der Waals surface area contributed by atoms with Gasteiger partial charge in [0.25, 0.3) is 0 Å². The monoisotopic (exact) mass is 402 g/mol. The van der Waals surface area contributed by atoms with Crippen LogP contribution in [-0.2, 0) is 0 Å². The minimum absolute atomic E-state index is 0.140. The highest BCUT2D eigenvalue weighted by atomic mass is 35.5. The van der Waals surface area contributed by atoms with Crippen LogP contribution in [0, 0.1) is 5.82 Å². The van der Waals surface area contributed by atoms with E-state index in [9.17, 15) is 9.18 Å². The lowest BCUT2D eigenvalue weighted by Gasteiger charge is -2.00. The fraction of sp³-hybridized carbons (Fsp3) is 0. The molecule has 3 aromatic carbocycles. The summed E-state index contributed by atoms with van der Waals surface area (Å²) in [5.41, 5.74) is 3.61. The van der Waals surface area contributed by atoms with Crippen molar-refractivity contribution < 1.29 is 9.18 Å². The first-order valence-electron chi connectivity index (χ1n) is 8.99. The van der Waals surface area contributed by atoms with Gasteiger partial charge in [0.1, 0.15) is 5.82 Å². The fourth-order valence-corrected chi connectivity index (χ4v) is 3.06. The first-order valence-corrected chi connectivity index (χ1v) is 9.37. The Balaban J connectivity index is 1.72. The van der Waals surface area contributed by atoms with Crippen LogP contribution in [0.1, 0.15) is 15.9 Å². The molecule has 4 aromatic rings. The van der Waals surface area contributed by atoms with E-state index in [1.807, 2.05) is 36.5 Å². The summed E-state index contributed by atoms with van der Waals surface area (Å²) in [6.45, 7) is 0. The zero-order valence-corrected chi connectivity index (χ0v) is 16.1. The number of hydrogen-bond donors (Lipinski definition) is 0. The molecule has 0 aliphatic heterocycles. The van der Waals surface area contributed by atoms with Crippen LogP contribution in [0.3, 0.4) is 0 Å². The molecule has 1 aromatic heterocycles. The van der Waals surface area contributed by atoms with Crippen LogP contribution < -0.4 is 0 Å². The van der Waals surface area contributed by atoms with E-state index < -0.39 is 0 Å². The summed E-state index contributed by atoms with van der Waals surface area (Å²) in [7, 11) is 0. The Morgan fingerprint density at radius 2 is 1.62 bits per heavy atom. The molecule has 0 saturated heterocycles. The van der Waals surface area contributed by atoms with Gasteiger partial charge in [0, 0.05) is 27.9 Å². The average molecular weight is 403 g/mol. The number of benzene rings is 3. The van der Waals surface area contributed by atoms with Crippen molar-refractivity contribution in [3.63, 3.8) is 0 Å². The molecule has 0 fully saturated rings. The number of carbonyl (C=O) groups excluding carboxylic acids is 1. The number of ketones is 1. The zero-order valence-electron chi connectivity index (χ0n) is 15.3. The van der Waals surface area contributed by atoms with Gasteiger partial charge in [0.2, 0.25) is 0 Å². The minimum atomic E-state index is -0.314. The average Bonchev–Trinajstić information content (AvgIpc) is 3.18. The van der Waals surface area contributed by atoms with E-state index in [0.29, 0.717) is 16.3 Å². The second-order valence-electron chi connectivity index (χ2n) is 6.42. The number of nitrogens with zero attached hydrogens (tertiary/aromatic N) is 2. The molecule has 0 spiro atoms. The van der Waals surface area contributed by atoms with Crippen molar-refractivity contribution in [3.8, 4) is 16.9 Å². The second kappa shape index (κ2) is 8.25. The molecule has 0 N–H and O–H groups in total. The molecular weight excluding hydrogens is 387 g/mol. The molecule has 0 saturated carbocycles.